The van der Waals surface area contributed by atoms with Gasteiger partial charge in [-0.05, 0) is 30.2 Å². The van der Waals surface area contributed by atoms with E-state index in [1.54, 1.807) is 30.3 Å². The molecule has 0 saturated heterocycles. The van der Waals surface area contributed by atoms with Gasteiger partial charge in [0, 0.05) is 19.2 Å². The predicted molar refractivity (Wildman–Crippen MR) is 103 cm³/mol. The molecule has 27 heavy (non-hydrogen) atoms. The van der Waals surface area contributed by atoms with Crippen molar-refractivity contribution in [3.8, 4) is 0 Å². The van der Waals surface area contributed by atoms with E-state index < -0.39 is 22.0 Å². The zero-order chi connectivity index (χ0) is 19.9. The molecule has 7 nitrogen and oxygen atoms in total. The Balaban J connectivity index is 2.31. The summed E-state index contributed by atoms with van der Waals surface area (Å²) in [6.07, 6.45) is 0.774. The van der Waals surface area contributed by atoms with Crippen molar-refractivity contribution in [2.75, 3.05) is 13.6 Å². The number of carbonyl (C=O) groups excluding carboxylic acids is 2. The van der Waals surface area contributed by atoms with E-state index in [-0.39, 0.29) is 16.4 Å². The van der Waals surface area contributed by atoms with Gasteiger partial charge in [-0.3, -0.25) is 9.59 Å². The molecular weight excluding hydrogens is 366 g/mol. The van der Waals surface area contributed by atoms with Crippen LogP contribution in [0, 0.1) is 0 Å². The van der Waals surface area contributed by atoms with Gasteiger partial charge >= 0.3 is 0 Å². The fourth-order valence-electron chi connectivity index (χ4n) is 2.43. The van der Waals surface area contributed by atoms with E-state index in [1.807, 2.05) is 6.92 Å². The first kappa shape index (κ1) is 20.6. The van der Waals surface area contributed by atoms with E-state index in [2.05, 4.69) is 15.4 Å². The van der Waals surface area contributed by atoms with Gasteiger partial charge in [-0.2, -0.15) is 4.72 Å². The van der Waals surface area contributed by atoms with Crippen molar-refractivity contribution >= 4 is 21.8 Å². The zero-order valence-corrected chi connectivity index (χ0v) is 16.0. The minimum absolute atomic E-state index is 0.0866. The van der Waals surface area contributed by atoms with Gasteiger partial charge in [-0.1, -0.05) is 43.3 Å². The molecule has 0 aliphatic carbocycles. The molecule has 2 amide bonds. The number of hydrogen-bond donors (Lipinski definition) is 3. The summed E-state index contributed by atoms with van der Waals surface area (Å²) >= 11 is 0. The fraction of sp³-hybridized carbons (Fsp3) is 0.263. The highest BCUT2D eigenvalue weighted by atomic mass is 32.2. The highest BCUT2D eigenvalue weighted by Crippen LogP contribution is 2.18. The van der Waals surface area contributed by atoms with Gasteiger partial charge < -0.3 is 10.6 Å². The molecule has 8 heteroatoms. The molecule has 0 radical (unpaired) electrons. The third-order valence-corrected chi connectivity index (χ3v) is 5.28. The number of sulfonamides is 1. The van der Waals surface area contributed by atoms with Gasteiger partial charge in [0.05, 0.1) is 4.90 Å². The van der Waals surface area contributed by atoms with Gasteiger partial charge in [0.1, 0.15) is 6.04 Å². The standard InChI is InChI=1S/C19H23N3O4S/c1-3-12-21-18(23)15-10-7-11-16(13-15)27(25,26)22-17(19(24)20-2)14-8-5-4-6-9-14/h4-11,13,17,22H,3,12H2,1-2H3,(H,20,24)(H,21,23). The maximum atomic E-state index is 12.8. The summed E-state index contributed by atoms with van der Waals surface area (Å²) in [5.41, 5.74) is 0.750. The van der Waals surface area contributed by atoms with Crippen molar-refractivity contribution < 1.29 is 18.0 Å². The number of rotatable bonds is 8. The second-order valence-corrected chi connectivity index (χ2v) is 7.58. The van der Waals surface area contributed by atoms with Crippen LogP contribution in [0.5, 0.6) is 0 Å². The van der Waals surface area contributed by atoms with E-state index in [0.717, 1.165) is 6.42 Å². The summed E-state index contributed by atoms with van der Waals surface area (Å²) < 4.78 is 28.0. The number of carbonyl (C=O) groups is 2. The molecular formula is C19H23N3O4S. The summed E-state index contributed by atoms with van der Waals surface area (Å²) in [6, 6.07) is 13.2. The summed E-state index contributed by atoms with van der Waals surface area (Å²) in [6.45, 7) is 2.42. The Morgan fingerprint density at radius 3 is 2.37 bits per heavy atom. The molecule has 0 heterocycles. The number of nitrogens with one attached hydrogen (secondary N) is 3. The van der Waals surface area contributed by atoms with Crippen LogP contribution < -0.4 is 15.4 Å². The second kappa shape index (κ2) is 9.29. The SMILES string of the molecule is CCCNC(=O)c1cccc(S(=O)(=O)NC(C(=O)NC)c2ccccc2)c1. The van der Waals surface area contributed by atoms with Crippen molar-refractivity contribution in [1.29, 1.82) is 0 Å². The smallest absolute Gasteiger partial charge is 0.251 e. The maximum absolute atomic E-state index is 12.8. The summed E-state index contributed by atoms with van der Waals surface area (Å²) in [7, 11) is -2.59. The van der Waals surface area contributed by atoms with Gasteiger partial charge in [0.25, 0.3) is 5.91 Å². The average molecular weight is 389 g/mol. The Hall–Kier alpha value is -2.71. The summed E-state index contributed by atoms with van der Waals surface area (Å²) in [4.78, 5) is 24.2. The lowest BCUT2D eigenvalue weighted by Gasteiger charge is -2.18. The van der Waals surface area contributed by atoms with E-state index in [9.17, 15) is 18.0 Å². The molecule has 0 aliphatic rings. The monoisotopic (exact) mass is 389 g/mol. The fourth-order valence-corrected chi connectivity index (χ4v) is 3.66. The van der Waals surface area contributed by atoms with Crippen molar-refractivity contribution in [2.45, 2.75) is 24.3 Å². The van der Waals surface area contributed by atoms with Crippen molar-refractivity contribution in [3.63, 3.8) is 0 Å². The van der Waals surface area contributed by atoms with Crippen LogP contribution in [-0.4, -0.2) is 33.8 Å². The van der Waals surface area contributed by atoms with Crippen molar-refractivity contribution in [3.05, 3.63) is 65.7 Å². The first-order valence-corrected chi connectivity index (χ1v) is 10.0. The Bertz CT molecular complexity index is 898. The van der Waals surface area contributed by atoms with Crippen LogP contribution >= 0.6 is 0 Å². The lowest BCUT2D eigenvalue weighted by molar-refractivity contribution is -0.122. The third-order valence-electron chi connectivity index (χ3n) is 3.86. The van der Waals surface area contributed by atoms with E-state index in [0.29, 0.717) is 12.1 Å². The number of benzene rings is 2. The molecule has 0 fully saturated rings. The molecule has 2 aromatic carbocycles. The minimum atomic E-state index is -4.03. The maximum Gasteiger partial charge on any atom is 0.251 e. The lowest BCUT2D eigenvalue weighted by Crippen LogP contribution is -2.39. The molecule has 0 aliphatic heterocycles. The molecule has 0 spiro atoms. The third kappa shape index (κ3) is 5.38. The molecule has 2 aromatic rings. The molecule has 0 saturated carbocycles. The van der Waals surface area contributed by atoms with Gasteiger partial charge in [-0.15, -0.1) is 0 Å². The topological polar surface area (TPSA) is 104 Å². The van der Waals surface area contributed by atoms with Crippen LogP contribution in [0.2, 0.25) is 0 Å². The van der Waals surface area contributed by atoms with Crippen LogP contribution in [-0.2, 0) is 14.8 Å². The predicted octanol–water partition coefficient (Wildman–Crippen LogP) is 1.59. The Morgan fingerprint density at radius 2 is 1.74 bits per heavy atom. The lowest BCUT2D eigenvalue weighted by atomic mass is 10.1. The molecule has 144 valence electrons. The molecule has 1 atom stereocenters. The minimum Gasteiger partial charge on any atom is -0.357 e. The van der Waals surface area contributed by atoms with E-state index in [4.69, 9.17) is 0 Å². The Morgan fingerprint density at radius 1 is 1.04 bits per heavy atom. The van der Waals surface area contributed by atoms with Gasteiger partial charge in [0.15, 0.2) is 0 Å². The summed E-state index contributed by atoms with van der Waals surface area (Å²) in [5, 5.41) is 5.16. The van der Waals surface area contributed by atoms with Crippen LogP contribution in [0.4, 0.5) is 0 Å². The largest absolute Gasteiger partial charge is 0.357 e. The van der Waals surface area contributed by atoms with Gasteiger partial charge in [-0.25, -0.2) is 8.42 Å². The number of likely N-dealkylation sites (N-methyl/N-ethyl adjacent to an activating group) is 1. The quantitative estimate of drug-likeness (QED) is 0.638. The number of hydrogen-bond acceptors (Lipinski definition) is 4. The van der Waals surface area contributed by atoms with E-state index >= 15 is 0 Å². The Kier molecular flexibility index (Phi) is 7.09. The highest BCUT2D eigenvalue weighted by molar-refractivity contribution is 7.89. The molecule has 1 unspecified atom stereocenters. The average Bonchev–Trinajstić information content (AvgIpc) is 2.70. The summed E-state index contributed by atoms with van der Waals surface area (Å²) in [5.74, 6) is -0.832. The van der Waals surface area contributed by atoms with Crippen LogP contribution in [0.15, 0.2) is 59.5 Å². The highest BCUT2D eigenvalue weighted by Gasteiger charge is 2.27. The molecule has 0 bridgehead atoms. The van der Waals surface area contributed by atoms with Gasteiger partial charge in [0.2, 0.25) is 15.9 Å². The molecule has 2 rings (SSSR count). The van der Waals surface area contributed by atoms with E-state index in [1.165, 1.54) is 31.3 Å². The number of amides is 2. The van der Waals surface area contributed by atoms with Crippen LogP contribution in [0.25, 0.3) is 0 Å². The van der Waals surface area contributed by atoms with Crippen molar-refractivity contribution in [2.24, 2.45) is 0 Å². The van der Waals surface area contributed by atoms with Crippen LogP contribution in [0.1, 0.15) is 35.3 Å². The molecule has 3 N–H and O–H groups in total. The first-order chi connectivity index (χ1) is 12.9. The molecule has 0 aromatic heterocycles. The Labute approximate surface area is 159 Å². The first-order valence-electron chi connectivity index (χ1n) is 8.56. The normalized spacial score (nSPS) is 12.2. The second-order valence-electron chi connectivity index (χ2n) is 5.86. The zero-order valence-electron chi connectivity index (χ0n) is 15.2. The van der Waals surface area contributed by atoms with Crippen molar-refractivity contribution in [1.82, 2.24) is 15.4 Å². The van der Waals surface area contributed by atoms with Crippen LogP contribution in [0.3, 0.4) is 0 Å².